The molecule has 0 bridgehead atoms. The highest BCUT2D eigenvalue weighted by Gasteiger charge is 2.62. The summed E-state index contributed by atoms with van der Waals surface area (Å²) in [5, 5.41) is 2.60. The zero-order valence-corrected chi connectivity index (χ0v) is 39.4. The zero-order valence-electron chi connectivity index (χ0n) is 37.4. The van der Waals surface area contributed by atoms with Crippen LogP contribution in [0.2, 0.25) is 22.2 Å². The second-order valence-corrected chi connectivity index (χ2v) is 25.8. The number of nitrogens with one attached hydrogen (secondary N) is 1. The van der Waals surface area contributed by atoms with E-state index in [0.717, 1.165) is 28.2 Å². The normalized spacial score (nSPS) is 21.3. The first kappa shape index (κ1) is 46.3. The molecule has 3 heterocycles. The van der Waals surface area contributed by atoms with Crippen LogP contribution >= 0.6 is 0 Å². The third-order valence-electron chi connectivity index (χ3n) is 11.9. The maximum Gasteiger partial charge on any atom is 0.351 e. The molecular formula is C46H63N3O10Si2. The van der Waals surface area contributed by atoms with E-state index in [-0.39, 0.29) is 53.7 Å². The van der Waals surface area contributed by atoms with Crippen LogP contribution in [-0.4, -0.2) is 84.9 Å². The van der Waals surface area contributed by atoms with Gasteiger partial charge in [-0.25, -0.2) is 4.79 Å². The number of fused-ring (bicyclic) bond motifs is 1. The summed E-state index contributed by atoms with van der Waals surface area (Å²) >= 11 is 0. The molecule has 0 unspecified atom stereocenters. The second kappa shape index (κ2) is 19.5. The molecule has 1 N–H and O–H groups in total. The highest BCUT2D eigenvalue weighted by Crippen LogP contribution is 2.49. The molecule has 6 rings (SSSR count). The van der Waals surface area contributed by atoms with E-state index in [1.54, 1.807) is 26.5 Å². The Balaban J connectivity index is 1.41. The first-order valence-corrected chi connectivity index (χ1v) is 25.2. The van der Waals surface area contributed by atoms with Gasteiger partial charge >= 0.3 is 22.8 Å². The van der Waals surface area contributed by atoms with Crippen LogP contribution in [0, 0.1) is 0 Å². The summed E-state index contributed by atoms with van der Waals surface area (Å²) in [7, 11) is -2.75. The summed E-state index contributed by atoms with van der Waals surface area (Å²) < 4.78 is 55.4. The molecule has 15 heteroatoms. The summed E-state index contributed by atoms with van der Waals surface area (Å²) in [4.78, 5) is 29.8. The van der Waals surface area contributed by atoms with Crippen LogP contribution in [0.5, 0.6) is 11.5 Å². The fraction of sp³-hybridized carbons (Fsp3) is 0.500. The molecule has 2 aliphatic rings. The number of aromatic nitrogens is 2. The minimum Gasteiger partial charge on any atom is -0.497 e. The molecule has 0 aliphatic carbocycles. The van der Waals surface area contributed by atoms with Crippen LogP contribution in [0.15, 0.2) is 95.9 Å². The van der Waals surface area contributed by atoms with Crippen molar-refractivity contribution < 1.29 is 41.4 Å². The number of amides is 1. The molecule has 2 aliphatic heterocycles. The molecule has 3 aromatic carbocycles. The van der Waals surface area contributed by atoms with Crippen molar-refractivity contribution >= 4 is 28.8 Å². The predicted octanol–water partition coefficient (Wildman–Crippen LogP) is 8.47. The summed E-state index contributed by atoms with van der Waals surface area (Å²) in [6.07, 6.45) is -1.46. The van der Waals surface area contributed by atoms with Gasteiger partial charge in [-0.05, 0) is 69.2 Å². The second-order valence-electron chi connectivity index (χ2n) is 17.0. The van der Waals surface area contributed by atoms with Gasteiger partial charge in [0.05, 0.1) is 34.0 Å². The number of nitrogens with zero attached hydrogens (tertiary/aromatic N) is 2. The Kier molecular flexibility index (Phi) is 14.8. The first-order valence-electron chi connectivity index (χ1n) is 21.3. The van der Waals surface area contributed by atoms with E-state index in [0.29, 0.717) is 0 Å². The molecule has 13 nitrogen and oxygen atoms in total. The number of methoxy groups -OCH3 is 2. The molecule has 330 valence electrons. The molecule has 2 fully saturated rings. The van der Waals surface area contributed by atoms with Gasteiger partial charge in [0.2, 0.25) is 5.91 Å². The lowest BCUT2D eigenvalue weighted by molar-refractivity contribution is -0.114. The molecule has 2 saturated heterocycles. The lowest BCUT2D eigenvalue weighted by Gasteiger charge is -2.51. The Morgan fingerprint density at radius 2 is 1.33 bits per heavy atom. The van der Waals surface area contributed by atoms with Crippen LogP contribution in [0.25, 0.3) is 0 Å². The summed E-state index contributed by atoms with van der Waals surface area (Å²) in [5.41, 5.74) is 1.35. The zero-order chi connectivity index (χ0) is 44.1. The van der Waals surface area contributed by atoms with Crippen LogP contribution in [0.4, 0.5) is 5.82 Å². The Bertz CT molecular complexity index is 2050. The van der Waals surface area contributed by atoms with Crippen molar-refractivity contribution in [3.63, 3.8) is 0 Å². The van der Waals surface area contributed by atoms with E-state index in [1.807, 2.05) is 78.9 Å². The van der Waals surface area contributed by atoms with Gasteiger partial charge in [0.15, 0.2) is 6.23 Å². The SMILES string of the molecule is COc1ccc(C(OCCO[C@@H]2[C@@H]3O[Si](C(C)C)(C(C)C)O[Si](C(C)C)(C(C)C)OC[C@H]3O[C@H]2n2ccc(NC(C)=O)nc2=O)(c2ccccc2)c2ccc(OC)cc2)cc1. The lowest BCUT2D eigenvalue weighted by Crippen LogP contribution is -2.66. The topological polar surface area (TPSA) is 138 Å². The van der Waals surface area contributed by atoms with Crippen LogP contribution < -0.4 is 20.5 Å². The number of anilines is 1. The van der Waals surface area contributed by atoms with Gasteiger partial charge in [-0.3, -0.25) is 9.36 Å². The first-order chi connectivity index (χ1) is 29.1. The average Bonchev–Trinajstić information content (AvgIpc) is 3.55. The summed E-state index contributed by atoms with van der Waals surface area (Å²) in [5.74, 6) is 1.24. The number of benzene rings is 3. The van der Waals surface area contributed by atoms with E-state index in [2.05, 4.69) is 65.7 Å². The van der Waals surface area contributed by atoms with Crippen LogP contribution in [0.3, 0.4) is 0 Å². The van der Waals surface area contributed by atoms with Crippen molar-refractivity contribution in [1.29, 1.82) is 0 Å². The number of carbonyl (C=O) groups excluding carboxylic acids is 1. The fourth-order valence-electron chi connectivity index (χ4n) is 8.83. The van der Waals surface area contributed by atoms with Crippen molar-refractivity contribution in [2.75, 3.05) is 39.4 Å². The summed E-state index contributed by atoms with van der Waals surface area (Å²) in [6.45, 7) is 19.1. The quantitative estimate of drug-likeness (QED) is 0.0660. The number of ether oxygens (including phenoxy) is 5. The summed E-state index contributed by atoms with van der Waals surface area (Å²) in [6, 6.07) is 27.4. The predicted molar refractivity (Wildman–Crippen MR) is 239 cm³/mol. The van der Waals surface area contributed by atoms with Crippen LogP contribution in [0.1, 0.15) is 85.2 Å². The van der Waals surface area contributed by atoms with Crippen molar-refractivity contribution in [3.8, 4) is 11.5 Å². The van der Waals surface area contributed by atoms with Gasteiger partial charge in [0.1, 0.15) is 41.2 Å². The van der Waals surface area contributed by atoms with Crippen molar-refractivity contribution in [2.24, 2.45) is 0 Å². The van der Waals surface area contributed by atoms with E-state index in [4.69, 9.17) is 36.7 Å². The molecule has 0 radical (unpaired) electrons. The van der Waals surface area contributed by atoms with Crippen molar-refractivity contribution in [2.45, 2.75) is 115 Å². The minimum atomic E-state index is -3.13. The third-order valence-corrected chi connectivity index (χ3v) is 22.2. The molecule has 61 heavy (non-hydrogen) atoms. The van der Waals surface area contributed by atoms with E-state index >= 15 is 0 Å². The average molecular weight is 874 g/mol. The molecule has 4 aromatic rings. The number of hydrogen-bond donors (Lipinski definition) is 1. The molecule has 1 aromatic heterocycles. The maximum absolute atomic E-state index is 13.8. The molecule has 0 spiro atoms. The van der Waals surface area contributed by atoms with Gasteiger partial charge < -0.3 is 42.0 Å². The largest absolute Gasteiger partial charge is 0.497 e. The Morgan fingerprint density at radius 3 is 1.82 bits per heavy atom. The molecule has 1 amide bonds. The number of hydrogen-bond acceptors (Lipinski definition) is 11. The van der Waals surface area contributed by atoms with Gasteiger partial charge in [0, 0.05) is 13.1 Å². The van der Waals surface area contributed by atoms with Gasteiger partial charge in [-0.15, -0.1) is 0 Å². The van der Waals surface area contributed by atoms with Crippen molar-refractivity contribution in [1.82, 2.24) is 9.55 Å². The Morgan fingerprint density at radius 1 is 0.787 bits per heavy atom. The number of rotatable bonds is 16. The smallest absolute Gasteiger partial charge is 0.351 e. The third kappa shape index (κ3) is 9.30. The Hall–Kier alpha value is -4.20. The Labute approximate surface area is 362 Å². The molecule has 0 saturated carbocycles. The highest BCUT2D eigenvalue weighted by molar-refractivity contribution is 6.84. The molecule has 4 atom stereocenters. The van der Waals surface area contributed by atoms with E-state index < -0.39 is 53.0 Å². The highest BCUT2D eigenvalue weighted by atomic mass is 28.5. The maximum atomic E-state index is 13.8. The van der Waals surface area contributed by atoms with E-state index in [1.165, 1.54) is 11.5 Å². The fourth-order valence-corrected chi connectivity index (χ4v) is 20.0. The van der Waals surface area contributed by atoms with Gasteiger partial charge in [-0.1, -0.05) is 110 Å². The van der Waals surface area contributed by atoms with E-state index in [9.17, 15) is 9.59 Å². The monoisotopic (exact) mass is 873 g/mol. The van der Waals surface area contributed by atoms with Gasteiger partial charge in [0.25, 0.3) is 0 Å². The minimum absolute atomic E-state index is 0.0454. The molecular weight excluding hydrogens is 811 g/mol. The number of carbonyl (C=O) groups is 1. The van der Waals surface area contributed by atoms with Gasteiger partial charge in [-0.2, -0.15) is 4.98 Å². The lowest BCUT2D eigenvalue weighted by atomic mass is 9.80. The standard InChI is InChI=1S/C46H63N3O10Si2/c1-30(2)60(31(3)4)56-29-40-42(58-61(59-60,32(5)6)33(7)8)43(44(57-40)49-26-25-41(47-34(9)50)48-45(49)51)54-27-28-55-46(35-15-13-12-14-16-35,36-17-21-38(52-10)22-18-36)37-19-23-39(53-11)24-20-37/h12-26,30-33,40,42-44H,27-29H2,1-11H3,(H,47,48,50,51)/t40-,42-,43-,44-/m1/s1. The van der Waals surface area contributed by atoms with Crippen LogP contribution in [-0.2, 0) is 37.6 Å². The van der Waals surface area contributed by atoms with Crippen molar-refractivity contribution in [3.05, 3.63) is 118 Å².